The molecule has 1 unspecified atom stereocenters. The van der Waals surface area contributed by atoms with Crippen LogP contribution in [0.1, 0.15) is 54.3 Å². The van der Waals surface area contributed by atoms with Crippen molar-refractivity contribution >= 4 is 27.3 Å². The molecule has 1 fully saturated rings. The van der Waals surface area contributed by atoms with Gasteiger partial charge in [0.2, 0.25) is 15.9 Å². The average Bonchev–Trinajstić information content (AvgIpc) is 3.28. The van der Waals surface area contributed by atoms with Crippen LogP contribution in [0.15, 0.2) is 44.4 Å². The number of hydrogen-bond acceptors (Lipinski definition) is 7. The van der Waals surface area contributed by atoms with Crippen molar-refractivity contribution in [3.63, 3.8) is 0 Å². The summed E-state index contributed by atoms with van der Waals surface area (Å²) in [7, 11) is -2.09. The second kappa shape index (κ2) is 10.1. The van der Waals surface area contributed by atoms with Crippen molar-refractivity contribution < 1.29 is 17.2 Å². The summed E-state index contributed by atoms with van der Waals surface area (Å²) in [5.74, 6) is -2.13. The Hall–Kier alpha value is -2.73. The highest BCUT2D eigenvalue weighted by atomic mass is 35.5. The Morgan fingerprint density at radius 2 is 2.00 bits per heavy atom. The number of nitrogens with one attached hydrogen (secondary N) is 1. The standard InChI is InChI=1S/C26H31ClFN5O4S/c1-15-7-9-20(28)23(16(15)2)17(3)24(25-29-30-26(34)37-25)33-14-32(19-6-5-11-31(4)13-19)21-12-18(27)8-10-22(21)38(33,35)36/h7-10,12,17,19,24H,5-6,11,13-14H2,1-4H3,(H,30,34)/t17-,19?,24+/m1/s1. The minimum atomic E-state index is -4.13. The van der Waals surface area contributed by atoms with Crippen LogP contribution in [0.2, 0.25) is 5.02 Å². The summed E-state index contributed by atoms with van der Waals surface area (Å²) in [6.45, 7) is 7.06. The summed E-state index contributed by atoms with van der Waals surface area (Å²) in [5.41, 5.74) is 2.44. The van der Waals surface area contributed by atoms with E-state index in [4.69, 9.17) is 16.0 Å². The first kappa shape index (κ1) is 26.9. The van der Waals surface area contributed by atoms with Crippen LogP contribution >= 0.6 is 11.6 Å². The number of aromatic nitrogens is 2. The number of benzene rings is 2. The lowest BCUT2D eigenvalue weighted by Gasteiger charge is -2.47. The molecule has 204 valence electrons. The lowest BCUT2D eigenvalue weighted by atomic mass is 9.87. The predicted molar refractivity (Wildman–Crippen MR) is 142 cm³/mol. The molecule has 3 atom stereocenters. The lowest BCUT2D eigenvalue weighted by Crippen LogP contribution is -2.56. The molecule has 0 radical (unpaired) electrons. The number of likely N-dealkylation sites (N-methyl/N-ethyl adjacent to an activating group) is 1. The van der Waals surface area contributed by atoms with Crippen molar-refractivity contribution in [3.8, 4) is 0 Å². The lowest BCUT2D eigenvalue weighted by molar-refractivity contribution is 0.203. The molecule has 0 aliphatic carbocycles. The molecule has 38 heavy (non-hydrogen) atoms. The zero-order valence-electron chi connectivity index (χ0n) is 21.7. The van der Waals surface area contributed by atoms with Crippen molar-refractivity contribution in [2.24, 2.45) is 0 Å². The third kappa shape index (κ3) is 4.66. The fraction of sp³-hybridized carbons (Fsp3) is 0.462. The van der Waals surface area contributed by atoms with Crippen LogP contribution in [0.4, 0.5) is 10.1 Å². The Bertz CT molecular complexity index is 1520. The number of H-pyrrole nitrogens is 1. The number of fused-ring (bicyclic) bond motifs is 1. The molecule has 3 aromatic rings. The van der Waals surface area contributed by atoms with Gasteiger partial charge in [-0.1, -0.05) is 24.6 Å². The van der Waals surface area contributed by atoms with Gasteiger partial charge in [-0.25, -0.2) is 22.7 Å². The fourth-order valence-electron chi connectivity index (χ4n) is 5.78. The van der Waals surface area contributed by atoms with Crippen molar-refractivity contribution in [1.82, 2.24) is 19.4 Å². The van der Waals surface area contributed by atoms with Crippen LogP contribution in [0.5, 0.6) is 0 Å². The highest BCUT2D eigenvalue weighted by molar-refractivity contribution is 7.89. The largest absolute Gasteiger partial charge is 0.434 e. The molecule has 3 heterocycles. The topological polar surface area (TPSA) is 103 Å². The smallest absolute Gasteiger partial charge is 0.391 e. The number of aromatic amines is 1. The number of hydrogen-bond donors (Lipinski definition) is 1. The van der Waals surface area contributed by atoms with Gasteiger partial charge in [0.05, 0.1) is 12.4 Å². The average molecular weight is 564 g/mol. The first-order valence-electron chi connectivity index (χ1n) is 12.6. The van der Waals surface area contributed by atoms with Crippen LogP contribution < -0.4 is 10.7 Å². The molecule has 5 rings (SSSR count). The van der Waals surface area contributed by atoms with Gasteiger partial charge >= 0.3 is 5.76 Å². The van der Waals surface area contributed by atoms with Gasteiger partial charge in [-0.15, -0.1) is 5.10 Å². The van der Waals surface area contributed by atoms with Crippen LogP contribution in [0, 0.1) is 19.7 Å². The molecule has 1 N–H and O–H groups in total. The minimum Gasteiger partial charge on any atom is -0.391 e. The molecule has 1 saturated heterocycles. The van der Waals surface area contributed by atoms with Crippen LogP contribution in [0.25, 0.3) is 0 Å². The third-order valence-corrected chi connectivity index (χ3v) is 9.92. The van der Waals surface area contributed by atoms with E-state index in [9.17, 15) is 13.2 Å². The molecule has 2 aliphatic rings. The van der Waals surface area contributed by atoms with Gasteiger partial charge in [0.1, 0.15) is 16.8 Å². The van der Waals surface area contributed by atoms with Gasteiger partial charge < -0.3 is 14.2 Å². The normalized spacial score (nSPS) is 21.7. The van der Waals surface area contributed by atoms with Gasteiger partial charge in [0.15, 0.2) is 0 Å². The summed E-state index contributed by atoms with van der Waals surface area (Å²) in [5, 5.41) is 6.70. The highest BCUT2D eigenvalue weighted by Gasteiger charge is 2.47. The Balaban J connectivity index is 1.69. The molecule has 0 saturated carbocycles. The van der Waals surface area contributed by atoms with E-state index < -0.39 is 33.6 Å². The number of piperidine rings is 1. The van der Waals surface area contributed by atoms with Crippen molar-refractivity contribution in [2.75, 3.05) is 31.7 Å². The summed E-state index contributed by atoms with van der Waals surface area (Å²) in [6, 6.07) is 6.70. The number of aryl methyl sites for hydroxylation is 1. The summed E-state index contributed by atoms with van der Waals surface area (Å²) >= 11 is 6.33. The van der Waals surface area contributed by atoms with Crippen LogP contribution in [0.3, 0.4) is 0 Å². The summed E-state index contributed by atoms with van der Waals surface area (Å²) < 4.78 is 50.3. The van der Waals surface area contributed by atoms with Crippen LogP contribution in [-0.2, 0) is 10.0 Å². The molecule has 0 amide bonds. The highest BCUT2D eigenvalue weighted by Crippen LogP contribution is 2.45. The van der Waals surface area contributed by atoms with Gasteiger partial charge in [0, 0.05) is 23.5 Å². The van der Waals surface area contributed by atoms with Crippen molar-refractivity contribution in [2.45, 2.75) is 56.5 Å². The van der Waals surface area contributed by atoms with Gasteiger partial charge in [-0.2, -0.15) is 4.31 Å². The number of halogens is 2. The number of sulfonamides is 1. The Kier molecular flexibility index (Phi) is 7.14. The van der Waals surface area contributed by atoms with E-state index in [-0.39, 0.29) is 23.5 Å². The van der Waals surface area contributed by atoms with E-state index in [1.807, 2.05) is 18.9 Å². The van der Waals surface area contributed by atoms with Gasteiger partial charge in [-0.3, -0.25) is 0 Å². The van der Waals surface area contributed by atoms with E-state index in [0.29, 0.717) is 21.8 Å². The maximum atomic E-state index is 15.3. The molecular formula is C26H31ClFN5O4S. The number of anilines is 1. The number of rotatable bonds is 5. The van der Waals surface area contributed by atoms with Crippen LogP contribution in [-0.4, -0.2) is 60.7 Å². The molecule has 0 spiro atoms. The summed E-state index contributed by atoms with van der Waals surface area (Å²) in [4.78, 5) is 16.4. The van der Waals surface area contributed by atoms with Crippen molar-refractivity contribution in [3.05, 3.63) is 74.3 Å². The maximum Gasteiger partial charge on any atom is 0.434 e. The van der Waals surface area contributed by atoms with Gasteiger partial charge in [0.25, 0.3) is 0 Å². The van der Waals surface area contributed by atoms with Crippen molar-refractivity contribution in [1.29, 1.82) is 0 Å². The number of likely N-dealkylation sites (tertiary alicyclic amines) is 1. The first-order valence-corrected chi connectivity index (χ1v) is 14.4. The Morgan fingerprint density at radius 1 is 1.24 bits per heavy atom. The monoisotopic (exact) mass is 563 g/mol. The maximum absolute atomic E-state index is 15.3. The van der Waals surface area contributed by atoms with E-state index >= 15 is 4.39 Å². The number of nitrogens with zero attached hydrogens (tertiary/aromatic N) is 4. The molecule has 12 heteroatoms. The van der Waals surface area contributed by atoms with E-state index in [1.54, 1.807) is 32.0 Å². The zero-order chi connectivity index (χ0) is 27.4. The quantitative estimate of drug-likeness (QED) is 0.497. The molecule has 2 aliphatic heterocycles. The first-order chi connectivity index (χ1) is 18.0. The summed E-state index contributed by atoms with van der Waals surface area (Å²) in [6.07, 6.45) is 1.83. The second-order valence-corrected chi connectivity index (χ2v) is 12.6. The molecule has 1 aromatic heterocycles. The van der Waals surface area contributed by atoms with Gasteiger partial charge in [-0.05, 0) is 81.2 Å². The SMILES string of the molecule is Cc1ccc(F)c([C@@H](C)[C@@H](c2n[nH]c(=O)o2)N2CN(C3CCCN(C)C3)c3cc(Cl)ccc3S2(=O)=O)c1C. The third-order valence-electron chi connectivity index (χ3n) is 7.83. The van der Waals surface area contributed by atoms with E-state index in [0.717, 1.165) is 31.5 Å². The Morgan fingerprint density at radius 3 is 2.68 bits per heavy atom. The van der Waals surface area contributed by atoms with E-state index in [1.165, 1.54) is 16.4 Å². The molecule has 0 bridgehead atoms. The van der Waals surface area contributed by atoms with E-state index in [2.05, 4.69) is 15.1 Å². The molecule has 9 nitrogen and oxygen atoms in total. The zero-order valence-corrected chi connectivity index (χ0v) is 23.3. The molecule has 2 aromatic carbocycles. The Labute approximate surface area is 226 Å². The fourth-order valence-corrected chi connectivity index (χ4v) is 7.73. The second-order valence-electron chi connectivity index (χ2n) is 10.3. The molecular weight excluding hydrogens is 533 g/mol. The predicted octanol–water partition coefficient (Wildman–Crippen LogP) is 4.18. The minimum absolute atomic E-state index is 0.0172.